The number of likely N-dealkylation sites (tertiary alicyclic amines) is 1. The van der Waals surface area contributed by atoms with E-state index in [2.05, 4.69) is 20.1 Å². The molecule has 0 aromatic heterocycles. The van der Waals surface area contributed by atoms with Gasteiger partial charge < -0.3 is 24.4 Å². The van der Waals surface area contributed by atoms with Crippen LogP contribution in [0.3, 0.4) is 0 Å². The molecular weight excluding hydrogens is 460 g/mol. The summed E-state index contributed by atoms with van der Waals surface area (Å²) >= 11 is 0. The zero-order valence-electron chi connectivity index (χ0n) is 22.6. The third-order valence-corrected chi connectivity index (χ3v) is 8.56. The van der Waals surface area contributed by atoms with Crippen LogP contribution in [0.25, 0.3) is 0 Å². The lowest BCUT2D eigenvalue weighted by Gasteiger charge is -2.40. The Morgan fingerprint density at radius 1 is 1.33 bits per heavy atom. The van der Waals surface area contributed by atoms with E-state index < -0.39 is 41.1 Å². The van der Waals surface area contributed by atoms with Crippen LogP contribution in [-0.4, -0.2) is 82.3 Å². The van der Waals surface area contributed by atoms with Gasteiger partial charge in [-0.3, -0.25) is 14.4 Å². The molecule has 7 atom stereocenters. The summed E-state index contributed by atoms with van der Waals surface area (Å²) in [4.78, 5) is 45.1. The first-order valence-corrected chi connectivity index (χ1v) is 13.4. The van der Waals surface area contributed by atoms with Gasteiger partial charge in [0.25, 0.3) is 0 Å². The highest BCUT2D eigenvalue weighted by atomic mass is 16.6. The summed E-state index contributed by atoms with van der Waals surface area (Å²) in [7, 11) is 0. The maximum atomic E-state index is 14.3. The van der Waals surface area contributed by atoms with Crippen molar-refractivity contribution in [2.45, 2.75) is 83.6 Å². The average molecular weight is 505 g/mol. The van der Waals surface area contributed by atoms with E-state index in [9.17, 15) is 19.5 Å². The molecule has 1 spiro atoms. The number of hydrogen-bond donors (Lipinski definition) is 1. The van der Waals surface area contributed by atoms with Crippen molar-refractivity contribution in [3.05, 3.63) is 25.3 Å². The first-order chi connectivity index (χ1) is 17.0. The molecule has 0 aromatic carbocycles. The van der Waals surface area contributed by atoms with Gasteiger partial charge in [-0.05, 0) is 38.0 Å². The van der Waals surface area contributed by atoms with Crippen LogP contribution in [0.4, 0.5) is 0 Å². The summed E-state index contributed by atoms with van der Waals surface area (Å²) in [6.45, 7) is 18.1. The molecule has 8 heteroatoms. The van der Waals surface area contributed by atoms with Gasteiger partial charge in [-0.1, -0.05) is 46.3 Å². The summed E-state index contributed by atoms with van der Waals surface area (Å²) in [5.41, 5.74) is -2.08. The minimum absolute atomic E-state index is 0.0659. The first-order valence-electron chi connectivity index (χ1n) is 13.4. The molecule has 3 aliphatic rings. The van der Waals surface area contributed by atoms with Crippen molar-refractivity contribution in [1.82, 2.24) is 9.80 Å². The predicted octanol–water partition coefficient (Wildman–Crippen LogP) is 2.95. The van der Waals surface area contributed by atoms with Gasteiger partial charge in [-0.2, -0.15) is 0 Å². The topological polar surface area (TPSA) is 96.4 Å². The second-order valence-corrected chi connectivity index (χ2v) is 11.1. The van der Waals surface area contributed by atoms with E-state index in [1.165, 1.54) is 0 Å². The van der Waals surface area contributed by atoms with E-state index in [-0.39, 0.29) is 36.9 Å². The van der Waals surface area contributed by atoms with Gasteiger partial charge in [0.2, 0.25) is 11.8 Å². The van der Waals surface area contributed by atoms with Crippen molar-refractivity contribution in [3.63, 3.8) is 0 Å². The number of fused-ring (bicyclic) bond motifs is 1. The lowest BCUT2D eigenvalue weighted by molar-refractivity contribution is -0.164. The molecule has 3 saturated heterocycles. The van der Waals surface area contributed by atoms with Crippen molar-refractivity contribution >= 4 is 17.8 Å². The fourth-order valence-corrected chi connectivity index (χ4v) is 6.59. The molecule has 3 unspecified atom stereocenters. The van der Waals surface area contributed by atoms with E-state index in [1.54, 1.807) is 22.0 Å². The third-order valence-electron chi connectivity index (χ3n) is 8.56. The van der Waals surface area contributed by atoms with Crippen LogP contribution < -0.4 is 0 Å². The maximum absolute atomic E-state index is 14.3. The number of aliphatic hydroxyl groups excluding tert-OH is 1. The Labute approximate surface area is 215 Å². The molecule has 3 aliphatic heterocycles. The maximum Gasteiger partial charge on any atom is 0.312 e. The monoisotopic (exact) mass is 504 g/mol. The van der Waals surface area contributed by atoms with Crippen molar-refractivity contribution in [2.24, 2.45) is 23.7 Å². The van der Waals surface area contributed by atoms with Gasteiger partial charge in [0.1, 0.15) is 17.6 Å². The Bertz CT molecular complexity index is 874. The molecule has 2 bridgehead atoms. The number of amides is 2. The summed E-state index contributed by atoms with van der Waals surface area (Å²) in [6, 6.07) is -1.51. The van der Waals surface area contributed by atoms with E-state index >= 15 is 0 Å². The van der Waals surface area contributed by atoms with E-state index in [0.29, 0.717) is 25.9 Å². The Morgan fingerprint density at radius 3 is 2.58 bits per heavy atom. The van der Waals surface area contributed by atoms with Gasteiger partial charge in [0, 0.05) is 13.1 Å². The fourth-order valence-electron chi connectivity index (χ4n) is 6.59. The van der Waals surface area contributed by atoms with Crippen molar-refractivity contribution < 1.29 is 29.0 Å². The molecule has 1 N–H and O–H groups in total. The van der Waals surface area contributed by atoms with Gasteiger partial charge in [-0.25, -0.2) is 0 Å². The molecule has 0 aromatic rings. The molecule has 202 valence electrons. The van der Waals surface area contributed by atoms with Crippen molar-refractivity contribution in [2.75, 3.05) is 26.3 Å². The summed E-state index contributed by atoms with van der Waals surface area (Å²) in [5.74, 6) is -2.83. The third kappa shape index (κ3) is 4.40. The number of ether oxygens (including phenoxy) is 2. The second-order valence-electron chi connectivity index (χ2n) is 11.1. The van der Waals surface area contributed by atoms with Gasteiger partial charge in [0.05, 0.1) is 30.8 Å². The van der Waals surface area contributed by atoms with Gasteiger partial charge >= 0.3 is 5.97 Å². The molecule has 8 nitrogen and oxygen atoms in total. The molecule has 3 fully saturated rings. The second kappa shape index (κ2) is 11.1. The zero-order valence-corrected chi connectivity index (χ0v) is 22.6. The smallest absolute Gasteiger partial charge is 0.312 e. The van der Waals surface area contributed by atoms with E-state index in [1.807, 2.05) is 27.7 Å². The van der Waals surface area contributed by atoms with Crippen LogP contribution in [-0.2, 0) is 23.9 Å². The number of aliphatic hydroxyl groups is 1. The van der Waals surface area contributed by atoms with Crippen LogP contribution in [0.15, 0.2) is 25.3 Å². The summed E-state index contributed by atoms with van der Waals surface area (Å²) in [5, 5.41) is 10.3. The number of hydrogen-bond acceptors (Lipinski definition) is 6. The molecule has 3 heterocycles. The average Bonchev–Trinajstić information content (AvgIpc) is 3.34. The fraction of sp³-hybridized carbons (Fsp3) is 0.750. The molecule has 0 radical (unpaired) electrons. The quantitative estimate of drug-likeness (QED) is 0.235. The van der Waals surface area contributed by atoms with Gasteiger partial charge in [0.15, 0.2) is 0 Å². The zero-order chi connectivity index (χ0) is 26.8. The predicted molar refractivity (Wildman–Crippen MR) is 137 cm³/mol. The number of esters is 1. The standard InChI is InChI=1S/C28H44N2O6/c1-8-11-14-29(13-10-3)25(33)23-28-16-19(6)27(7,36-28)22(26(34)35-15-12-9-2)21(28)24(32)30(23)20(17-31)18(4)5/h9-10,18-23,31H,2-3,8,11-17H2,1,4-7H3/t19?,20-,21-,22-,23?,27+,28?/m0/s1. The summed E-state index contributed by atoms with van der Waals surface area (Å²) < 4.78 is 12.3. The number of unbranched alkanes of at least 4 members (excludes halogenated alkanes) is 1. The minimum atomic E-state index is -1.15. The molecule has 3 rings (SSSR count). The molecular formula is C28H44N2O6. The van der Waals surface area contributed by atoms with Crippen LogP contribution >= 0.6 is 0 Å². The van der Waals surface area contributed by atoms with E-state index in [0.717, 1.165) is 12.8 Å². The van der Waals surface area contributed by atoms with Crippen LogP contribution in [0.2, 0.25) is 0 Å². The number of nitrogens with zero attached hydrogens (tertiary/aromatic N) is 2. The number of carbonyl (C=O) groups is 3. The molecule has 36 heavy (non-hydrogen) atoms. The van der Waals surface area contributed by atoms with E-state index in [4.69, 9.17) is 9.47 Å². The normalized spacial score (nSPS) is 33.5. The molecule has 0 saturated carbocycles. The Balaban J connectivity index is 2.12. The Morgan fingerprint density at radius 2 is 2.03 bits per heavy atom. The Hall–Kier alpha value is -2.19. The highest BCUT2D eigenvalue weighted by Crippen LogP contribution is 2.65. The van der Waals surface area contributed by atoms with Crippen LogP contribution in [0, 0.1) is 23.7 Å². The number of carbonyl (C=O) groups excluding carboxylic acids is 3. The minimum Gasteiger partial charge on any atom is -0.465 e. The SMILES string of the molecule is C=CCCOC(=O)[C@@H]1[C@H]2C(=O)N([C@@H](CO)C(C)C)C(C(=O)N(CC=C)CCCC)C23CC(C)[C@@]1(C)O3. The van der Waals surface area contributed by atoms with Crippen LogP contribution in [0.1, 0.15) is 60.3 Å². The largest absolute Gasteiger partial charge is 0.465 e. The Kier molecular flexibility index (Phi) is 8.71. The van der Waals surface area contributed by atoms with Crippen LogP contribution in [0.5, 0.6) is 0 Å². The molecule has 0 aliphatic carbocycles. The molecule has 2 amide bonds. The highest BCUT2D eigenvalue weighted by Gasteiger charge is 2.80. The van der Waals surface area contributed by atoms with Crippen molar-refractivity contribution in [3.8, 4) is 0 Å². The first kappa shape index (κ1) is 28.4. The van der Waals surface area contributed by atoms with Gasteiger partial charge in [-0.15, -0.1) is 13.2 Å². The lowest BCUT2D eigenvalue weighted by Crippen LogP contribution is -2.59. The van der Waals surface area contributed by atoms with Crippen molar-refractivity contribution in [1.29, 1.82) is 0 Å². The summed E-state index contributed by atoms with van der Waals surface area (Å²) in [6.07, 6.45) is 6.08. The lowest BCUT2D eigenvalue weighted by atomic mass is 9.62. The highest BCUT2D eigenvalue weighted by molar-refractivity contribution is 5.98. The number of rotatable bonds is 13.